The van der Waals surface area contributed by atoms with Crippen LogP contribution < -0.4 is 5.32 Å². The molecule has 0 radical (unpaired) electrons. The number of nitrogens with one attached hydrogen (secondary N) is 1. The molecule has 8 heteroatoms. The number of aliphatic hydroxyl groups excluding tert-OH is 1. The number of thioether (sulfide) groups is 1. The number of hydrogen-bond acceptors (Lipinski definition) is 5. The molecular weight excluding hydrogens is 454 g/mol. The SMILES string of the molecule is CCCCCCCCCCCCCCC=CC(SCCC(=O)NCC(=O)O)C(O)CCC(=O)O. The summed E-state index contributed by atoms with van der Waals surface area (Å²) in [6.07, 6.45) is 19.9. The molecule has 34 heavy (non-hydrogen) atoms. The molecule has 4 N–H and O–H groups in total. The minimum absolute atomic E-state index is 0.107. The summed E-state index contributed by atoms with van der Waals surface area (Å²) in [5.41, 5.74) is 0. The number of aliphatic hydroxyl groups is 1. The van der Waals surface area contributed by atoms with Crippen LogP contribution in [0.3, 0.4) is 0 Å². The van der Waals surface area contributed by atoms with E-state index in [9.17, 15) is 19.5 Å². The van der Waals surface area contributed by atoms with Gasteiger partial charge in [-0.1, -0.05) is 89.7 Å². The fraction of sp³-hybridized carbons (Fsp3) is 0.808. The fourth-order valence-corrected chi connectivity index (χ4v) is 4.77. The largest absolute Gasteiger partial charge is 0.481 e. The summed E-state index contributed by atoms with van der Waals surface area (Å²) in [5.74, 6) is -1.97. The Bertz CT molecular complexity index is 569. The molecule has 0 bridgehead atoms. The summed E-state index contributed by atoms with van der Waals surface area (Å²) >= 11 is 1.39. The van der Waals surface area contributed by atoms with Gasteiger partial charge in [0.2, 0.25) is 5.91 Å². The number of hydrogen-bond donors (Lipinski definition) is 4. The molecule has 1 amide bonds. The molecule has 0 aromatic heterocycles. The normalized spacial score (nSPS) is 13.1. The molecule has 2 unspecified atom stereocenters. The molecule has 0 aliphatic heterocycles. The van der Waals surface area contributed by atoms with E-state index in [1.54, 1.807) is 0 Å². The van der Waals surface area contributed by atoms with Gasteiger partial charge in [0.25, 0.3) is 0 Å². The van der Waals surface area contributed by atoms with Gasteiger partial charge in [-0.2, -0.15) is 11.8 Å². The second-order valence-electron chi connectivity index (χ2n) is 8.86. The van der Waals surface area contributed by atoms with E-state index >= 15 is 0 Å². The predicted molar refractivity (Wildman–Crippen MR) is 139 cm³/mol. The summed E-state index contributed by atoms with van der Waals surface area (Å²) in [6.45, 7) is 1.84. The second-order valence-corrected chi connectivity index (χ2v) is 10.1. The third kappa shape index (κ3) is 22.3. The lowest BCUT2D eigenvalue weighted by Crippen LogP contribution is -2.30. The van der Waals surface area contributed by atoms with Crippen LogP contribution >= 0.6 is 11.8 Å². The van der Waals surface area contributed by atoms with Crippen LogP contribution in [0.4, 0.5) is 0 Å². The molecule has 0 aliphatic rings. The number of unbranched alkanes of at least 4 members (excludes halogenated alkanes) is 12. The Labute approximate surface area is 210 Å². The molecule has 0 fully saturated rings. The van der Waals surface area contributed by atoms with Crippen molar-refractivity contribution in [1.29, 1.82) is 0 Å². The second kappa shape index (κ2) is 23.2. The van der Waals surface area contributed by atoms with Crippen LogP contribution in [0.1, 0.15) is 110 Å². The summed E-state index contributed by atoms with van der Waals surface area (Å²) in [7, 11) is 0. The Morgan fingerprint density at radius 3 is 1.91 bits per heavy atom. The smallest absolute Gasteiger partial charge is 0.322 e. The van der Waals surface area contributed by atoms with Gasteiger partial charge in [-0.05, 0) is 19.3 Å². The van der Waals surface area contributed by atoms with Crippen LogP contribution in [0.25, 0.3) is 0 Å². The number of amides is 1. The fourth-order valence-electron chi connectivity index (χ4n) is 3.61. The van der Waals surface area contributed by atoms with Crippen molar-refractivity contribution in [2.75, 3.05) is 12.3 Å². The zero-order valence-corrected chi connectivity index (χ0v) is 21.8. The monoisotopic (exact) mass is 501 g/mol. The van der Waals surface area contributed by atoms with Gasteiger partial charge < -0.3 is 20.6 Å². The summed E-state index contributed by atoms with van der Waals surface area (Å²) < 4.78 is 0. The van der Waals surface area contributed by atoms with Gasteiger partial charge in [0.05, 0.1) is 6.10 Å². The molecular formula is C26H47NO6S. The Morgan fingerprint density at radius 2 is 1.38 bits per heavy atom. The van der Waals surface area contributed by atoms with Crippen molar-refractivity contribution in [3.63, 3.8) is 0 Å². The average molecular weight is 502 g/mol. The standard InChI is InChI=1S/C26H47NO6S/c1-2-3-4-5-6-7-8-9-10-11-12-13-14-15-16-23(22(28)17-18-25(30)31)34-20-19-24(29)27-21-26(32)33/h15-16,22-23,28H,2-14,17-21H2,1H3,(H,27,29)(H,30,31)(H,32,33). The van der Waals surface area contributed by atoms with E-state index in [2.05, 4.69) is 12.2 Å². The highest BCUT2D eigenvalue weighted by atomic mass is 32.2. The van der Waals surface area contributed by atoms with Crippen molar-refractivity contribution in [2.45, 2.75) is 121 Å². The number of allylic oxidation sites excluding steroid dienone is 1. The maximum atomic E-state index is 11.7. The number of rotatable bonds is 24. The molecule has 2 atom stereocenters. The Kier molecular flexibility index (Phi) is 22.2. The third-order valence-electron chi connectivity index (χ3n) is 5.66. The van der Waals surface area contributed by atoms with Crippen molar-refractivity contribution in [2.24, 2.45) is 0 Å². The lowest BCUT2D eigenvalue weighted by Gasteiger charge is -2.19. The lowest BCUT2D eigenvalue weighted by molar-refractivity contribution is -0.138. The quantitative estimate of drug-likeness (QED) is 0.101. The molecule has 0 saturated carbocycles. The first-order valence-electron chi connectivity index (χ1n) is 13.0. The molecule has 0 rings (SSSR count). The van der Waals surface area contributed by atoms with Crippen LogP contribution in [0.15, 0.2) is 12.2 Å². The minimum Gasteiger partial charge on any atom is -0.481 e. The molecule has 0 saturated heterocycles. The molecule has 0 aliphatic carbocycles. The Hall–Kier alpha value is -1.54. The minimum atomic E-state index is -1.09. The first kappa shape index (κ1) is 32.5. The number of carbonyl (C=O) groups is 3. The molecule has 198 valence electrons. The van der Waals surface area contributed by atoms with Gasteiger partial charge in [0, 0.05) is 23.8 Å². The van der Waals surface area contributed by atoms with E-state index in [1.807, 2.05) is 12.2 Å². The topological polar surface area (TPSA) is 124 Å². The molecule has 0 heterocycles. The van der Waals surface area contributed by atoms with Crippen molar-refractivity contribution in [3.05, 3.63) is 12.2 Å². The maximum absolute atomic E-state index is 11.7. The highest BCUT2D eigenvalue weighted by molar-refractivity contribution is 8.00. The van der Waals surface area contributed by atoms with E-state index in [4.69, 9.17) is 10.2 Å². The molecule has 7 nitrogen and oxygen atoms in total. The lowest BCUT2D eigenvalue weighted by atomic mass is 10.0. The van der Waals surface area contributed by atoms with E-state index in [1.165, 1.54) is 82.4 Å². The van der Waals surface area contributed by atoms with Gasteiger partial charge in [0.1, 0.15) is 6.54 Å². The van der Waals surface area contributed by atoms with Gasteiger partial charge >= 0.3 is 11.9 Å². The van der Waals surface area contributed by atoms with E-state index < -0.39 is 24.6 Å². The maximum Gasteiger partial charge on any atom is 0.322 e. The van der Waals surface area contributed by atoms with Crippen LogP contribution in [-0.4, -0.2) is 56.8 Å². The summed E-state index contributed by atoms with van der Waals surface area (Å²) in [4.78, 5) is 33.0. The zero-order chi connectivity index (χ0) is 25.4. The number of aliphatic carboxylic acids is 2. The Balaban J connectivity index is 4.08. The van der Waals surface area contributed by atoms with E-state index in [0.29, 0.717) is 5.75 Å². The number of carboxylic acids is 2. The molecule has 0 aromatic rings. The zero-order valence-electron chi connectivity index (χ0n) is 21.0. The summed E-state index contributed by atoms with van der Waals surface area (Å²) in [6, 6.07) is 0. The van der Waals surface area contributed by atoms with Crippen LogP contribution in [0, 0.1) is 0 Å². The van der Waals surface area contributed by atoms with Gasteiger partial charge in [-0.3, -0.25) is 14.4 Å². The van der Waals surface area contributed by atoms with Crippen molar-refractivity contribution in [3.8, 4) is 0 Å². The number of carboxylic acid groups (broad SMARTS) is 2. The number of carbonyl (C=O) groups excluding carboxylic acids is 1. The van der Waals surface area contributed by atoms with E-state index in [-0.39, 0.29) is 30.4 Å². The third-order valence-corrected chi connectivity index (χ3v) is 6.96. The van der Waals surface area contributed by atoms with Crippen LogP contribution in [-0.2, 0) is 14.4 Å². The van der Waals surface area contributed by atoms with Gasteiger partial charge in [0.15, 0.2) is 0 Å². The van der Waals surface area contributed by atoms with Crippen LogP contribution in [0.2, 0.25) is 0 Å². The first-order valence-corrected chi connectivity index (χ1v) is 14.1. The molecule has 0 aromatic carbocycles. The van der Waals surface area contributed by atoms with Gasteiger partial charge in [-0.25, -0.2) is 0 Å². The first-order chi connectivity index (χ1) is 16.4. The van der Waals surface area contributed by atoms with Crippen LogP contribution in [0.5, 0.6) is 0 Å². The Morgan fingerprint density at radius 1 is 0.824 bits per heavy atom. The van der Waals surface area contributed by atoms with Crippen molar-refractivity contribution >= 4 is 29.6 Å². The highest BCUT2D eigenvalue weighted by Gasteiger charge is 2.18. The molecule has 0 spiro atoms. The highest BCUT2D eigenvalue weighted by Crippen LogP contribution is 2.21. The average Bonchev–Trinajstić information content (AvgIpc) is 2.80. The predicted octanol–water partition coefficient (Wildman–Crippen LogP) is 5.55. The summed E-state index contributed by atoms with van der Waals surface area (Å²) in [5, 5.41) is 29.9. The van der Waals surface area contributed by atoms with Crippen molar-refractivity contribution in [1.82, 2.24) is 5.32 Å². The van der Waals surface area contributed by atoms with E-state index in [0.717, 1.165) is 12.8 Å². The van der Waals surface area contributed by atoms with Gasteiger partial charge in [-0.15, -0.1) is 0 Å². The van der Waals surface area contributed by atoms with Crippen molar-refractivity contribution < 1.29 is 29.7 Å².